The third-order valence-corrected chi connectivity index (χ3v) is 3.37. The van der Waals surface area contributed by atoms with Crippen molar-refractivity contribution in [1.29, 1.82) is 0 Å². The van der Waals surface area contributed by atoms with Gasteiger partial charge in [0.25, 0.3) is 5.91 Å². The molecule has 5 heteroatoms. The number of carbonyl (C=O) groups excluding carboxylic acids is 1. The summed E-state index contributed by atoms with van der Waals surface area (Å²) in [4.78, 5) is 11.9. The van der Waals surface area contributed by atoms with E-state index in [9.17, 15) is 4.79 Å². The van der Waals surface area contributed by atoms with Crippen molar-refractivity contribution in [2.24, 2.45) is 0 Å². The number of anilines is 1. The second-order valence-corrected chi connectivity index (χ2v) is 5.27. The van der Waals surface area contributed by atoms with Crippen LogP contribution in [-0.2, 0) is 0 Å². The average molecular weight is 307 g/mol. The van der Waals surface area contributed by atoms with E-state index in [1.54, 1.807) is 6.07 Å². The largest absolute Gasteiger partial charge is 0.360 e. The van der Waals surface area contributed by atoms with Crippen molar-refractivity contribution in [1.82, 2.24) is 5.16 Å². The molecule has 1 aromatic carbocycles. The predicted octanol–water partition coefficient (Wildman–Crippen LogP) is 3.57. The fourth-order valence-corrected chi connectivity index (χ4v) is 1.95. The summed E-state index contributed by atoms with van der Waals surface area (Å²) < 4.78 is 6.12. The monoisotopic (exact) mass is 306 g/mol. The minimum absolute atomic E-state index is 0.243. The molecule has 1 fully saturated rings. The van der Waals surface area contributed by atoms with Crippen molar-refractivity contribution in [2.75, 3.05) is 5.32 Å². The molecule has 92 valence electrons. The SMILES string of the molecule is O=C(Nc1ccc(Br)cc1)c1cc(C2CC2)on1. The summed E-state index contributed by atoms with van der Waals surface area (Å²) >= 11 is 3.34. The van der Waals surface area contributed by atoms with E-state index in [0.29, 0.717) is 11.6 Å². The third-order valence-electron chi connectivity index (χ3n) is 2.84. The van der Waals surface area contributed by atoms with Gasteiger partial charge in [-0.05, 0) is 37.1 Å². The smallest absolute Gasteiger partial charge is 0.277 e. The maximum absolute atomic E-state index is 11.9. The molecule has 1 amide bonds. The van der Waals surface area contributed by atoms with Crippen LogP contribution >= 0.6 is 15.9 Å². The van der Waals surface area contributed by atoms with E-state index in [2.05, 4.69) is 26.4 Å². The van der Waals surface area contributed by atoms with Crippen LogP contribution in [0.25, 0.3) is 0 Å². The molecule has 0 spiro atoms. The van der Waals surface area contributed by atoms with Crippen LogP contribution in [0, 0.1) is 0 Å². The number of carbonyl (C=O) groups is 1. The quantitative estimate of drug-likeness (QED) is 0.943. The lowest BCUT2D eigenvalue weighted by molar-refractivity contribution is 0.101. The van der Waals surface area contributed by atoms with Gasteiger partial charge in [-0.2, -0.15) is 0 Å². The van der Waals surface area contributed by atoms with Crippen molar-refractivity contribution >= 4 is 27.5 Å². The summed E-state index contributed by atoms with van der Waals surface area (Å²) in [5.74, 6) is 1.04. The lowest BCUT2D eigenvalue weighted by atomic mass is 10.2. The molecule has 1 heterocycles. The molecule has 3 rings (SSSR count). The Morgan fingerprint density at radius 1 is 1.33 bits per heavy atom. The number of hydrogen-bond acceptors (Lipinski definition) is 3. The fourth-order valence-electron chi connectivity index (χ4n) is 1.68. The highest BCUT2D eigenvalue weighted by molar-refractivity contribution is 9.10. The molecule has 1 saturated carbocycles. The molecule has 0 radical (unpaired) electrons. The van der Waals surface area contributed by atoms with Crippen molar-refractivity contribution < 1.29 is 9.32 Å². The van der Waals surface area contributed by atoms with Gasteiger partial charge >= 0.3 is 0 Å². The lowest BCUT2D eigenvalue weighted by Gasteiger charge is -2.01. The summed E-state index contributed by atoms with van der Waals surface area (Å²) in [7, 11) is 0. The normalized spacial score (nSPS) is 14.5. The molecule has 1 aliphatic rings. The van der Waals surface area contributed by atoms with Crippen LogP contribution in [0.2, 0.25) is 0 Å². The molecule has 0 saturated heterocycles. The van der Waals surface area contributed by atoms with Gasteiger partial charge in [0.1, 0.15) is 5.76 Å². The Bertz CT molecular complexity index is 573. The van der Waals surface area contributed by atoms with Crippen LogP contribution in [0.3, 0.4) is 0 Å². The highest BCUT2D eigenvalue weighted by Gasteiger charge is 2.28. The molecule has 0 atom stereocenters. The number of halogens is 1. The molecular weight excluding hydrogens is 296 g/mol. The Morgan fingerprint density at radius 2 is 2.06 bits per heavy atom. The summed E-state index contributed by atoms with van der Waals surface area (Å²) in [6.07, 6.45) is 2.26. The first-order valence-corrected chi connectivity index (χ1v) is 6.55. The van der Waals surface area contributed by atoms with Crippen molar-refractivity contribution in [3.05, 3.63) is 46.3 Å². The minimum Gasteiger partial charge on any atom is -0.360 e. The first-order chi connectivity index (χ1) is 8.72. The van der Waals surface area contributed by atoms with E-state index in [-0.39, 0.29) is 5.91 Å². The van der Waals surface area contributed by atoms with Crippen LogP contribution in [0.1, 0.15) is 35.0 Å². The van der Waals surface area contributed by atoms with Crippen LogP contribution < -0.4 is 5.32 Å². The molecule has 1 aromatic heterocycles. The van der Waals surface area contributed by atoms with Gasteiger partial charge in [-0.25, -0.2) is 0 Å². The van der Waals surface area contributed by atoms with Gasteiger partial charge in [-0.1, -0.05) is 21.1 Å². The number of nitrogens with one attached hydrogen (secondary N) is 1. The van der Waals surface area contributed by atoms with Gasteiger partial charge in [-0.3, -0.25) is 4.79 Å². The first-order valence-electron chi connectivity index (χ1n) is 5.76. The van der Waals surface area contributed by atoms with Gasteiger partial charge in [0.05, 0.1) is 0 Å². The Kier molecular flexibility index (Phi) is 2.91. The lowest BCUT2D eigenvalue weighted by Crippen LogP contribution is -2.11. The highest BCUT2D eigenvalue weighted by Crippen LogP contribution is 2.40. The van der Waals surface area contributed by atoms with Crippen molar-refractivity contribution in [3.63, 3.8) is 0 Å². The Labute approximate surface area is 112 Å². The zero-order valence-electron chi connectivity index (χ0n) is 9.52. The van der Waals surface area contributed by atoms with Crippen LogP contribution in [0.4, 0.5) is 5.69 Å². The van der Waals surface area contributed by atoms with Crippen molar-refractivity contribution in [2.45, 2.75) is 18.8 Å². The van der Waals surface area contributed by atoms with Gasteiger partial charge < -0.3 is 9.84 Å². The van der Waals surface area contributed by atoms with Crippen molar-refractivity contribution in [3.8, 4) is 0 Å². The van der Waals surface area contributed by atoms with E-state index in [1.807, 2.05) is 24.3 Å². The molecule has 0 aliphatic heterocycles. The molecular formula is C13H11BrN2O2. The van der Waals surface area contributed by atoms with Gasteiger partial charge in [0.2, 0.25) is 0 Å². The summed E-state index contributed by atoms with van der Waals surface area (Å²) in [5, 5.41) is 6.57. The maximum atomic E-state index is 11.9. The Hall–Kier alpha value is -1.62. The zero-order chi connectivity index (χ0) is 12.5. The Balaban J connectivity index is 1.71. The van der Waals surface area contributed by atoms with E-state index < -0.39 is 0 Å². The second kappa shape index (κ2) is 4.57. The maximum Gasteiger partial charge on any atom is 0.277 e. The number of nitrogens with zero attached hydrogens (tertiary/aromatic N) is 1. The standard InChI is InChI=1S/C13H11BrN2O2/c14-9-3-5-10(6-4-9)15-13(17)11-7-12(18-16-11)8-1-2-8/h3-8H,1-2H2,(H,15,17). The summed E-state index contributed by atoms with van der Waals surface area (Å²) in [6, 6.07) is 9.11. The van der Waals surface area contributed by atoms with E-state index in [1.165, 1.54) is 0 Å². The van der Waals surface area contributed by atoms with E-state index >= 15 is 0 Å². The molecule has 0 bridgehead atoms. The topological polar surface area (TPSA) is 55.1 Å². The average Bonchev–Trinajstić information content (AvgIpc) is 3.10. The molecule has 1 N–H and O–H groups in total. The number of amides is 1. The first kappa shape index (κ1) is 11.5. The molecule has 2 aromatic rings. The second-order valence-electron chi connectivity index (χ2n) is 4.35. The van der Waals surface area contributed by atoms with E-state index in [4.69, 9.17) is 4.52 Å². The number of aromatic nitrogens is 1. The fraction of sp³-hybridized carbons (Fsp3) is 0.231. The highest BCUT2D eigenvalue weighted by atomic mass is 79.9. The number of hydrogen-bond donors (Lipinski definition) is 1. The van der Waals surface area contributed by atoms with Crippen LogP contribution in [0.15, 0.2) is 39.3 Å². The molecule has 1 aliphatic carbocycles. The Morgan fingerprint density at radius 3 is 2.72 bits per heavy atom. The van der Waals surface area contributed by atoms with Gasteiger partial charge in [0, 0.05) is 22.1 Å². The summed E-state index contributed by atoms with van der Waals surface area (Å²) in [6.45, 7) is 0. The summed E-state index contributed by atoms with van der Waals surface area (Å²) in [5.41, 5.74) is 1.07. The number of benzene rings is 1. The van der Waals surface area contributed by atoms with Crippen LogP contribution in [-0.4, -0.2) is 11.1 Å². The zero-order valence-corrected chi connectivity index (χ0v) is 11.1. The molecule has 4 nitrogen and oxygen atoms in total. The number of rotatable bonds is 3. The van der Waals surface area contributed by atoms with Crippen LogP contribution in [0.5, 0.6) is 0 Å². The molecule has 18 heavy (non-hydrogen) atoms. The van der Waals surface area contributed by atoms with E-state index in [0.717, 1.165) is 28.8 Å². The molecule has 0 unspecified atom stereocenters. The van der Waals surface area contributed by atoms with Gasteiger partial charge in [0.15, 0.2) is 5.69 Å². The minimum atomic E-state index is -0.243. The van der Waals surface area contributed by atoms with Gasteiger partial charge in [-0.15, -0.1) is 0 Å². The predicted molar refractivity (Wildman–Crippen MR) is 70.6 cm³/mol. The third kappa shape index (κ3) is 2.46.